The molecule has 5 N–H and O–H groups in total. The molecule has 0 aromatic heterocycles. The van der Waals surface area contributed by atoms with Crippen molar-refractivity contribution in [3.8, 4) is 0 Å². The van der Waals surface area contributed by atoms with Crippen molar-refractivity contribution in [3.05, 3.63) is 0 Å². The van der Waals surface area contributed by atoms with Crippen LogP contribution in [-0.4, -0.2) is 50.3 Å². The SMILES string of the molecule is CC(NC(=O)[C@@H](N)CC(=O)O)C(O)CC1CC(C)(C)S1. The van der Waals surface area contributed by atoms with Crippen LogP contribution in [0.15, 0.2) is 0 Å². The standard InChI is InChI=1S/C13H24N2O4S/c1-7(15-12(19)9(14)5-11(17)18)10(16)4-8-6-13(2,3)20-8/h7-10,16H,4-6,14H2,1-3H3,(H,15,19)(H,17,18)/t7?,8?,9-,10?/m0/s1. The first-order valence-electron chi connectivity index (χ1n) is 6.74. The van der Waals surface area contributed by atoms with E-state index in [9.17, 15) is 14.7 Å². The lowest BCUT2D eigenvalue weighted by atomic mass is 9.98. The van der Waals surface area contributed by atoms with E-state index < -0.39 is 36.5 Å². The van der Waals surface area contributed by atoms with E-state index >= 15 is 0 Å². The number of carboxylic acid groups (broad SMARTS) is 1. The summed E-state index contributed by atoms with van der Waals surface area (Å²) in [5, 5.41) is 21.6. The van der Waals surface area contributed by atoms with Gasteiger partial charge in [-0.25, -0.2) is 0 Å². The van der Waals surface area contributed by atoms with Gasteiger partial charge in [0.2, 0.25) is 5.91 Å². The highest BCUT2D eigenvalue weighted by Crippen LogP contribution is 2.48. The van der Waals surface area contributed by atoms with Gasteiger partial charge in [-0.1, -0.05) is 13.8 Å². The number of carbonyl (C=O) groups excluding carboxylic acids is 1. The summed E-state index contributed by atoms with van der Waals surface area (Å²) >= 11 is 1.84. The average molecular weight is 304 g/mol. The van der Waals surface area contributed by atoms with Crippen molar-refractivity contribution >= 4 is 23.6 Å². The largest absolute Gasteiger partial charge is 0.481 e. The summed E-state index contributed by atoms with van der Waals surface area (Å²) in [4.78, 5) is 22.1. The number of hydrogen-bond acceptors (Lipinski definition) is 5. The minimum atomic E-state index is -1.12. The zero-order chi connectivity index (χ0) is 15.5. The molecule has 0 bridgehead atoms. The minimum absolute atomic E-state index is 0.278. The van der Waals surface area contributed by atoms with Crippen LogP contribution in [0.4, 0.5) is 0 Å². The van der Waals surface area contributed by atoms with Gasteiger partial charge in [0.05, 0.1) is 24.6 Å². The van der Waals surface area contributed by atoms with Crippen molar-refractivity contribution < 1.29 is 19.8 Å². The molecule has 6 nitrogen and oxygen atoms in total. The van der Waals surface area contributed by atoms with E-state index in [0.29, 0.717) is 11.7 Å². The smallest absolute Gasteiger partial charge is 0.305 e. The number of carbonyl (C=O) groups is 2. The van der Waals surface area contributed by atoms with Gasteiger partial charge in [0.1, 0.15) is 0 Å². The van der Waals surface area contributed by atoms with Crippen molar-refractivity contribution in [2.75, 3.05) is 0 Å². The number of hydrogen-bond donors (Lipinski definition) is 4. The van der Waals surface area contributed by atoms with Crippen molar-refractivity contribution in [2.45, 2.75) is 68.2 Å². The summed E-state index contributed by atoms with van der Waals surface area (Å²) in [6.07, 6.45) is 0.600. The van der Waals surface area contributed by atoms with Gasteiger partial charge >= 0.3 is 5.97 Å². The van der Waals surface area contributed by atoms with E-state index in [0.717, 1.165) is 6.42 Å². The number of aliphatic hydroxyl groups is 1. The zero-order valence-electron chi connectivity index (χ0n) is 12.1. The third kappa shape index (κ3) is 5.30. The lowest BCUT2D eigenvalue weighted by Crippen LogP contribution is -2.50. The van der Waals surface area contributed by atoms with E-state index in [1.165, 1.54) is 0 Å². The number of nitrogens with two attached hydrogens (primary N) is 1. The molecule has 0 saturated carbocycles. The first kappa shape index (κ1) is 17.3. The molecule has 0 aliphatic carbocycles. The highest BCUT2D eigenvalue weighted by Gasteiger charge is 2.38. The summed E-state index contributed by atoms with van der Waals surface area (Å²) in [5.74, 6) is -1.66. The highest BCUT2D eigenvalue weighted by atomic mass is 32.2. The van der Waals surface area contributed by atoms with Crippen LogP contribution in [0.1, 0.15) is 40.0 Å². The van der Waals surface area contributed by atoms with Crippen LogP contribution in [0, 0.1) is 0 Å². The topological polar surface area (TPSA) is 113 Å². The summed E-state index contributed by atoms with van der Waals surface area (Å²) in [6, 6.07) is -1.52. The molecule has 1 rings (SSSR count). The predicted molar refractivity (Wildman–Crippen MR) is 78.5 cm³/mol. The van der Waals surface area contributed by atoms with Gasteiger partial charge in [-0.15, -0.1) is 0 Å². The van der Waals surface area contributed by atoms with Gasteiger partial charge in [0.25, 0.3) is 0 Å². The molecule has 20 heavy (non-hydrogen) atoms. The van der Waals surface area contributed by atoms with Crippen LogP contribution in [-0.2, 0) is 9.59 Å². The Hall–Kier alpha value is -0.790. The molecule has 1 saturated heterocycles. The fraction of sp³-hybridized carbons (Fsp3) is 0.846. The summed E-state index contributed by atoms with van der Waals surface area (Å²) in [6.45, 7) is 6.03. The molecule has 0 aromatic rings. The van der Waals surface area contributed by atoms with Crippen LogP contribution < -0.4 is 11.1 Å². The third-order valence-electron chi connectivity index (χ3n) is 3.39. The lowest BCUT2D eigenvalue weighted by molar-refractivity contribution is -0.139. The fourth-order valence-corrected chi connectivity index (χ4v) is 4.00. The van der Waals surface area contributed by atoms with Crippen molar-refractivity contribution in [1.82, 2.24) is 5.32 Å². The molecule has 1 heterocycles. The molecule has 3 unspecified atom stereocenters. The summed E-state index contributed by atoms with van der Waals surface area (Å²) in [7, 11) is 0. The number of carboxylic acids is 1. The summed E-state index contributed by atoms with van der Waals surface area (Å²) in [5.41, 5.74) is 5.46. The second kappa shape index (κ2) is 6.78. The monoisotopic (exact) mass is 304 g/mol. The molecule has 7 heteroatoms. The first-order valence-corrected chi connectivity index (χ1v) is 7.62. The van der Waals surface area contributed by atoms with Gasteiger partial charge in [0.15, 0.2) is 0 Å². The van der Waals surface area contributed by atoms with Crippen LogP contribution in [0.2, 0.25) is 0 Å². The van der Waals surface area contributed by atoms with Gasteiger partial charge in [-0.2, -0.15) is 11.8 Å². The molecule has 1 aliphatic heterocycles. The van der Waals surface area contributed by atoms with E-state index in [1.54, 1.807) is 6.92 Å². The van der Waals surface area contributed by atoms with Crippen LogP contribution in [0.5, 0.6) is 0 Å². The molecule has 1 amide bonds. The molecule has 116 valence electrons. The summed E-state index contributed by atoms with van der Waals surface area (Å²) < 4.78 is 0.278. The Kier molecular flexibility index (Phi) is 5.85. The van der Waals surface area contributed by atoms with Gasteiger partial charge in [-0.3, -0.25) is 9.59 Å². The van der Waals surface area contributed by atoms with Gasteiger partial charge in [-0.05, 0) is 19.8 Å². The van der Waals surface area contributed by atoms with E-state index in [1.807, 2.05) is 11.8 Å². The van der Waals surface area contributed by atoms with Crippen molar-refractivity contribution in [1.29, 1.82) is 0 Å². The maximum atomic E-state index is 11.7. The average Bonchev–Trinajstić information content (AvgIpc) is 2.25. The van der Waals surface area contributed by atoms with Crippen LogP contribution >= 0.6 is 11.8 Å². The Morgan fingerprint density at radius 1 is 1.50 bits per heavy atom. The number of thioether (sulfide) groups is 1. The molecule has 1 fully saturated rings. The van der Waals surface area contributed by atoms with Crippen molar-refractivity contribution in [2.24, 2.45) is 5.73 Å². The Morgan fingerprint density at radius 2 is 2.05 bits per heavy atom. The molecular weight excluding hydrogens is 280 g/mol. The van der Waals surface area contributed by atoms with Crippen molar-refractivity contribution in [3.63, 3.8) is 0 Å². The van der Waals surface area contributed by atoms with E-state index in [2.05, 4.69) is 19.2 Å². The van der Waals surface area contributed by atoms with E-state index in [4.69, 9.17) is 10.8 Å². The number of nitrogens with one attached hydrogen (secondary N) is 1. The third-order valence-corrected chi connectivity index (χ3v) is 4.88. The van der Waals surface area contributed by atoms with Crippen LogP contribution in [0.3, 0.4) is 0 Å². The second-order valence-electron chi connectivity index (χ2n) is 6.01. The Bertz CT molecular complexity index is 367. The van der Waals surface area contributed by atoms with E-state index in [-0.39, 0.29) is 4.75 Å². The number of aliphatic carboxylic acids is 1. The maximum absolute atomic E-state index is 11.7. The number of rotatable bonds is 7. The minimum Gasteiger partial charge on any atom is -0.481 e. The van der Waals surface area contributed by atoms with Crippen LogP contribution in [0.25, 0.3) is 0 Å². The second-order valence-corrected chi connectivity index (χ2v) is 8.02. The Morgan fingerprint density at radius 3 is 2.50 bits per heavy atom. The molecule has 0 spiro atoms. The highest BCUT2D eigenvalue weighted by molar-refractivity contribution is 8.02. The molecule has 0 radical (unpaired) electrons. The van der Waals surface area contributed by atoms with Gasteiger partial charge < -0.3 is 21.3 Å². The normalized spacial score (nSPS) is 25.1. The number of amides is 1. The maximum Gasteiger partial charge on any atom is 0.305 e. The molecule has 4 atom stereocenters. The zero-order valence-corrected chi connectivity index (χ0v) is 12.9. The quantitative estimate of drug-likeness (QED) is 0.539. The molecular formula is C13H24N2O4S. The number of aliphatic hydroxyl groups excluding tert-OH is 1. The Balaban J connectivity index is 2.32. The lowest BCUT2D eigenvalue weighted by Gasteiger charge is -2.43. The first-order chi connectivity index (χ1) is 9.10. The predicted octanol–water partition coefficient (Wildman–Crippen LogP) is 0.328. The molecule has 1 aliphatic rings. The molecule has 0 aromatic carbocycles. The fourth-order valence-electron chi connectivity index (χ4n) is 2.30. The Labute approximate surface area is 123 Å². The van der Waals surface area contributed by atoms with Gasteiger partial charge in [0, 0.05) is 10.00 Å².